The van der Waals surface area contributed by atoms with Crippen LogP contribution in [-0.2, 0) is 0 Å². The summed E-state index contributed by atoms with van der Waals surface area (Å²) in [5.74, 6) is 2.07. The molecular formula is C12H19NOS. The monoisotopic (exact) mass is 225 g/mol. The molecule has 1 atom stereocenters. The van der Waals surface area contributed by atoms with E-state index in [-0.39, 0.29) is 0 Å². The quantitative estimate of drug-likeness (QED) is 0.752. The molecule has 3 heteroatoms. The largest absolute Gasteiger partial charge is 0.497 e. The van der Waals surface area contributed by atoms with Crippen LogP contribution in [0.2, 0.25) is 0 Å². The molecule has 1 aromatic rings. The molecule has 0 spiro atoms. The maximum Gasteiger partial charge on any atom is 0.118 e. The molecule has 0 aliphatic carbocycles. The van der Waals surface area contributed by atoms with Gasteiger partial charge in [-0.15, -0.1) is 0 Å². The maximum atomic E-state index is 5.12. The molecule has 0 aliphatic rings. The van der Waals surface area contributed by atoms with E-state index < -0.39 is 0 Å². The Balaban J connectivity index is 2.46. The summed E-state index contributed by atoms with van der Waals surface area (Å²) >= 11 is 1.86. The molecule has 15 heavy (non-hydrogen) atoms. The molecule has 0 amide bonds. The summed E-state index contributed by atoms with van der Waals surface area (Å²) in [6.45, 7) is 3.23. The number of hydrogen-bond donors (Lipinski definition) is 1. The number of ether oxygens (including phenoxy) is 1. The van der Waals surface area contributed by atoms with Gasteiger partial charge < -0.3 is 10.1 Å². The van der Waals surface area contributed by atoms with Crippen LogP contribution in [0.3, 0.4) is 0 Å². The van der Waals surface area contributed by atoms with Crippen LogP contribution >= 0.6 is 11.8 Å². The van der Waals surface area contributed by atoms with Crippen molar-refractivity contribution < 1.29 is 4.74 Å². The van der Waals surface area contributed by atoms with Gasteiger partial charge in [-0.25, -0.2) is 0 Å². The zero-order valence-electron chi connectivity index (χ0n) is 9.62. The summed E-state index contributed by atoms with van der Waals surface area (Å²) in [6.07, 6.45) is 2.12. The Morgan fingerprint density at radius 1 is 1.33 bits per heavy atom. The van der Waals surface area contributed by atoms with Gasteiger partial charge >= 0.3 is 0 Å². The molecule has 0 fully saturated rings. The van der Waals surface area contributed by atoms with E-state index >= 15 is 0 Å². The smallest absolute Gasteiger partial charge is 0.118 e. The third-order valence-corrected chi connectivity index (χ3v) is 2.98. The van der Waals surface area contributed by atoms with Crippen molar-refractivity contribution in [2.24, 2.45) is 0 Å². The fourth-order valence-electron chi connectivity index (χ4n) is 1.39. The molecule has 2 nitrogen and oxygen atoms in total. The first-order chi connectivity index (χ1) is 7.27. The van der Waals surface area contributed by atoms with Crippen LogP contribution in [-0.4, -0.2) is 25.7 Å². The summed E-state index contributed by atoms with van der Waals surface area (Å²) < 4.78 is 5.12. The second kappa shape index (κ2) is 6.75. The van der Waals surface area contributed by atoms with Crippen molar-refractivity contribution in [1.29, 1.82) is 0 Å². The Bertz CT molecular complexity index is 273. The van der Waals surface area contributed by atoms with E-state index in [1.165, 1.54) is 5.56 Å². The van der Waals surface area contributed by atoms with Gasteiger partial charge in [0, 0.05) is 18.3 Å². The number of hydrogen-bond acceptors (Lipinski definition) is 3. The Hall–Kier alpha value is -0.670. The number of thioether (sulfide) groups is 1. The van der Waals surface area contributed by atoms with Crippen molar-refractivity contribution in [2.75, 3.05) is 25.7 Å². The van der Waals surface area contributed by atoms with E-state index in [4.69, 9.17) is 4.74 Å². The van der Waals surface area contributed by atoms with Gasteiger partial charge in [0.2, 0.25) is 0 Å². The van der Waals surface area contributed by atoms with Crippen LogP contribution in [0, 0.1) is 0 Å². The minimum Gasteiger partial charge on any atom is -0.497 e. The molecule has 0 saturated heterocycles. The van der Waals surface area contributed by atoms with Gasteiger partial charge in [-0.1, -0.05) is 12.1 Å². The highest BCUT2D eigenvalue weighted by molar-refractivity contribution is 7.98. The zero-order chi connectivity index (χ0) is 11.1. The summed E-state index contributed by atoms with van der Waals surface area (Å²) in [7, 11) is 1.69. The molecule has 84 valence electrons. The predicted molar refractivity (Wildman–Crippen MR) is 67.8 cm³/mol. The van der Waals surface area contributed by atoms with E-state index in [1.807, 2.05) is 23.9 Å². The first kappa shape index (κ1) is 12.4. The van der Waals surface area contributed by atoms with Crippen LogP contribution in [0.25, 0.3) is 0 Å². The number of rotatable bonds is 6. The predicted octanol–water partition coefficient (Wildman–Crippen LogP) is 2.71. The first-order valence-electron chi connectivity index (χ1n) is 5.14. The van der Waals surface area contributed by atoms with Crippen molar-refractivity contribution in [3.63, 3.8) is 0 Å². The summed E-state index contributed by atoms with van der Waals surface area (Å²) in [5, 5.41) is 3.48. The van der Waals surface area contributed by atoms with Crippen molar-refractivity contribution in [3.8, 4) is 5.75 Å². The first-order valence-corrected chi connectivity index (χ1v) is 6.53. The Morgan fingerprint density at radius 2 is 2.00 bits per heavy atom. The molecule has 1 N–H and O–H groups in total. The molecule has 0 aromatic heterocycles. The third kappa shape index (κ3) is 4.14. The molecule has 0 aliphatic heterocycles. The van der Waals surface area contributed by atoms with Crippen molar-refractivity contribution in [3.05, 3.63) is 29.8 Å². The number of methoxy groups -OCH3 is 1. The van der Waals surface area contributed by atoms with Crippen LogP contribution in [0.4, 0.5) is 0 Å². The molecule has 0 bridgehead atoms. The van der Waals surface area contributed by atoms with Gasteiger partial charge in [-0.05, 0) is 30.9 Å². The van der Waals surface area contributed by atoms with Gasteiger partial charge in [0.05, 0.1) is 7.11 Å². The normalized spacial score (nSPS) is 12.5. The highest BCUT2D eigenvalue weighted by Crippen LogP contribution is 2.16. The minimum atomic E-state index is 0.406. The molecule has 1 aromatic carbocycles. The standard InChI is InChI=1S/C12H19NOS/c1-10(13-8-9-15-3)11-4-6-12(14-2)7-5-11/h4-7,10,13H,8-9H2,1-3H3/t10-/m0/s1. The Labute approximate surface area is 96.4 Å². The lowest BCUT2D eigenvalue weighted by molar-refractivity contribution is 0.414. The van der Waals surface area contributed by atoms with Crippen LogP contribution in [0.5, 0.6) is 5.75 Å². The van der Waals surface area contributed by atoms with Crippen LogP contribution in [0.15, 0.2) is 24.3 Å². The van der Waals surface area contributed by atoms with Gasteiger partial charge in [-0.3, -0.25) is 0 Å². The Kier molecular flexibility index (Phi) is 5.58. The Morgan fingerprint density at radius 3 is 2.53 bits per heavy atom. The van der Waals surface area contributed by atoms with E-state index in [1.54, 1.807) is 7.11 Å². The van der Waals surface area contributed by atoms with Crippen molar-refractivity contribution in [2.45, 2.75) is 13.0 Å². The van der Waals surface area contributed by atoms with Gasteiger partial charge in [0.25, 0.3) is 0 Å². The van der Waals surface area contributed by atoms with Crippen molar-refractivity contribution in [1.82, 2.24) is 5.32 Å². The average molecular weight is 225 g/mol. The fourth-order valence-corrected chi connectivity index (χ4v) is 1.71. The highest BCUT2D eigenvalue weighted by atomic mass is 32.2. The summed E-state index contributed by atoms with van der Waals surface area (Å²) in [4.78, 5) is 0. The average Bonchev–Trinajstić information content (AvgIpc) is 2.29. The number of nitrogens with one attached hydrogen (secondary N) is 1. The van der Waals surface area contributed by atoms with Crippen LogP contribution < -0.4 is 10.1 Å². The molecule has 0 unspecified atom stereocenters. The number of benzene rings is 1. The van der Waals surface area contributed by atoms with E-state index in [0.29, 0.717) is 6.04 Å². The lowest BCUT2D eigenvalue weighted by atomic mass is 10.1. The maximum absolute atomic E-state index is 5.12. The van der Waals surface area contributed by atoms with Gasteiger partial charge in [0.15, 0.2) is 0 Å². The summed E-state index contributed by atoms with van der Waals surface area (Å²) in [5.41, 5.74) is 1.30. The van der Waals surface area contributed by atoms with Crippen LogP contribution in [0.1, 0.15) is 18.5 Å². The molecule has 0 saturated carbocycles. The topological polar surface area (TPSA) is 21.3 Å². The summed E-state index contributed by atoms with van der Waals surface area (Å²) in [6, 6.07) is 8.62. The van der Waals surface area contributed by atoms with E-state index in [9.17, 15) is 0 Å². The second-order valence-corrected chi connectivity index (χ2v) is 4.43. The molecule has 0 radical (unpaired) electrons. The fraction of sp³-hybridized carbons (Fsp3) is 0.500. The van der Waals surface area contributed by atoms with E-state index in [2.05, 4.69) is 30.6 Å². The lowest BCUT2D eigenvalue weighted by Gasteiger charge is -2.14. The van der Waals surface area contributed by atoms with Crippen molar-refractivity contribution >= 4 is 11.8 Å². The molecule has 0 heterocycles. The molecular weight excluding hydrogens is 206 g/mol. The van der Waals surface area contributed by atoms with E-state index in [0.717, 1.165) is 18.0 Å². The molecule has 1 rings (SSSR count). The van der Waals surface area contributed by atoms with Gasteiger partial charge in [0.1, 0.15) is 5.75 Å². The van der Waals surface area contributed by atoms with Gasteiger partial charge in [-0.2, -0.15) is 11.8 Å². The third-order valence-electron chi connectivity index (χ3n) is 2.37. The zero-order valence-corrected chi connectivity index (χ0v) is 10.4. The SMILES string of the molecule is COc1ccc([C@H](C)NCCSC)cc1. The second-order valence-electron chi connectivity index (χ2n) is 3.44. The highest BCUT2D eigenvalue weighted by Gasteiger charge is 2.03. The minimum absolute atomic E-state index is 0.406. The lowest BCUT2D eigenvalue weighted by Crippen LogP contribution is -2.21.